The molecule has 0 saturated heterocycles. The van der Waals surface area contributed by atoms with Crippen LogP contribution >= 0.6 is 11.9 Å². The molecule has 0 radical (unpaired) electrons. The number of aliphatic hydroxyl groups is 1. The van der Waals surface area contributed by atoms with Crippen molar-refractivity contribution in [3.05, 3.63) is 0 Å². The van der Waals surface area contributed by atoms with Gasteiger partial charge in [-0.15, -0.1) is 0 Å². The molecule has 0 aromatic carbocycles. The Bertz CT molecular complexity index is 193. The van der Waals surface area contributed by atoms with Gasteiger partial charge in [-0.2, -0.15) is 0 Å². The predicted octanol–water partition coefficient (Wildman–Crippen LogP) is 10.6. The van der Waals surface area contributed by atoms with Crippen LogP contribution < -0.4 is 0 Å². The Labute approximate surface area is 198 Å². The van der Waals surface area contributed by atoms with Gasteiger partial charge in [0.15, 0.2) is 0 Å². The van der Waals surface area contributed by atoms with Crippen LogP contribution in [0.1, 0.15) is 163 Å². The van der Waals surface area contributed by atoms with Gasteiger partial charge in [0.05, 0.1) is 19.0 Å². The highest BCUT2D eigenvalue weighted by Crippen LogP contribution is 2.14. The average molecular weight is 453 g/mol. The highest BCUT2D eigenvalue weighted by atomic mass is 35.5. The van der Waals surface area contributed by atoms with Gasteiger partial charge in [-0.3, -0.25) is 4.29 Å². The Morgan fingerprint density at radius 3 is 0.733 bits per heavy atom. The summed E-state index contributed by atoms with van der Waals surface area (Å²) in [6, 6.07) is 0. The lowest BCUT2D eigenvalue weighted by Crippen LogP contribution is -1.83. The van der Waals surface area contributed by atoms with E-state index in [0.29, 0.717) is 6.61 Å². The van der Waals surface area contributed by atoms with E-state index in [2.05, 4.69) is 36.9 Å². The third-order valence-corrected chi connectivity index (χ3v) is 4.97. The molecular formula is C27H61ClO2. The largest absolute Gasteiger partial charge is 0.396 e. The normalized spacial score (nSPS) is 9.60. The van der Waals surface area contributed by atoms with E-state index in [1.54, 1.807) is 0 Å². The molecule has 0 fully saturated rings. The number of hydrogen-bond donors (Lipinski definition) is 1. The molecule has 0 amide bonds. The van der Waals surface area contributed by atoms with E-state index in [-0.39, 0.29) is 0 Å². The number of unbranched alkanes of at least 4 members (excludes halogenated alkanes) is 18. The molecule has 188 valence electrons. The van der Waals surface area contributed by atoms with E-state index in [0.717, 1.165) is 12.8 Å². The predicted molar refractivity (Wildman–Crippen MR) is 141 cm³/mol. The summed E-state index contributed by atoms with van der Waals surface area (Å²) in [4.78, 5) is 0. The van der Waals surface area contributed by atoms with Crippen LogP contribution in [0.5, 0.6) is 0 Å². The topological polar surface area (TPSA) is 29.5 Å². The molecule has 0 aliphatic heterocycles. The monoisotopic (exact) mass is 452 g/mol. The maximum absolute atomic E-state index is 8.07. The molecule has 0 aromatic heterocycles. The lowest BCUT2D eigenvalue weighted by molar-refractivity contribution is 0.287. The van der Waals surface area contributed by atoms with Crippen LogP contribution in [-0.4, -0.2) is 18.8 Å². The molecule has 0 rings (SSSR count). The van der Waals surface area contributed by atoms with E-state index in [1.807, 2.05) is 13.8 Å². The minimum absolute atomic E-state index is 0.344. The molecule has 3 heteroatoms. The van der Waals surface area contributed by atoms with Crippen LogP contribution in [0.4, 0.5) is 0 Å². The Kier molecular flexibility index (Phi) is 58.9. The molecule has 0 saturated carbocycles. The van der Waals surface area contributed by atoms with E-state index >= 15 is 0 Å². The van der Waals surface area contributed by atoms with Crippen LogP contribution in [0.15, 0.2) is 0 Å². The summed E-state index contributed by atoms with van der Waals surface area (Å²) in [6.45, 7) is 11.0. The van der Waals surface area contributed by atoms with E-state index in [9.17, 15) is 0 Å². The molecule has 0 atom stereocenters. The molecule has 2 nitrogen and oxygen atoms in total. The lowest BCUT2D eigenvalue weighted by atomic mass is 10.0. The summed E-state index contributed by atoms with van der Waals surface area (Å²) < 4.78 is 3.72. The number of hydrogen-bond acceptors (Lipinski definition) is 2. The zero-order valence-electron chi connectivity index (χ0n) is 22.1. The molecule has 0 aromatic rings. The number of rotatable bonds is 19. The molecule has 30 heavy (non-hydrogen) atoms. The Morgan fingerprint density at radius 1 is 0.467 bits per heavy atom. The highest BCUT2D eigenvalue weighted by molar-refractivity contribution is 6.07. The van der Waals surface area contributed by atoms with Crippen molar-refractivity contribution in [1.29, 1.82) is 0 Å². The van der Waals surface area contributed by atoms with Crippen molar-refractivity contribution < 1.29 is 9.40 Å². The molecule has 0 spiro atoms. The van der Waals surface area contributed by atoms with Crippen LogP contribution in [-0.2, 0) is 4.29 Å². The SMILES string of the molecule is CC.CCCCCCCCCCCCCCCCCCCC.CCCCO.COCl. The maximum Gasteiger partial charge on any atom is 0.0606 e. The maximum atomic E-state index is 8.07. The first kappa shape index (κ1) is 37.5. The molecule has 0 aliphatic rings. The Hall–Kier alpha value is 0.210. The molecule has 0 aliphatic carbocycles. The van der Waals surface area contributed by atoms with Crippen molar-refractivity contribution >= 4 is 11.9 Å². The lowest BCUT2D eigenvalue weighted by Gasteiger charge is -2.03. The first-order chi connectivity index (χ1) is 14.7. The van der Waals surface area contributed by atoms with Crippen molar-refractivity contribution in [2.24, 2.45) is 0 Å². The number of halogens is 1. The standard InChI is InChI=1S/C20H42.C4H10O.C2H6.CH3ClO/c1-3-5-7-9-11-13-15-17-19-20-18-16-14-12-10-8-6-4-2;1-2-3-4-5;1-2;1-3-2/h3-20H2,1-2H3;5H,2-4H2,1H3;1-2H3;1H3. The molecule has 0 bridgehead atoms. The summed E-state index contributed by atoms with van der Waals surface area (Å²) in [5, 5.41) is 8.07. The van der Waals surface area contributed by atoms with Crippen molar-refractivity contribution in [3.8, 4) is 0 Å². The van der Waals surface area contributed by atoms with Gasteiger partial charge in [0.1, 0.15) is 0 Å². The van der Waals surface area contributed by atoms with Crippen molar-refractivity contribution in [2.75, 3.05) is 13.7 Å². The van der Waals surface area contributed by atoms with Gasteiger partial charge in [-0.05, 0) is 6.42 Å². The Balaban J connectivity index is -0.000000282. The van der Waals surface area contributed by atoms with Gasteiger partial charge in [-0.1, -0.05) is 157 Å². The van der Waals surface area contributed by atoms with Gasteiger partial charge in [-0.25, -0.2) is 0 Å². The summed E-state index contributed by atoms with van der Waals surface area (Å²) in [7, 11) is 1.39. The van der Waals surface area contributed by atoms with Gasteiger partial charge in [0, 0.05) is 6.61 Å². The number of aliphatic hydroxyl groups excluding tert-OH is 1. The van der Waals surface area contributed by atoms with Gasteiger partial charge < -0.3 is 5.11 Å². The van der Waals surface area contributed by atoms with E-state index in [4.69, 9.17) is 5.11 Å². The van der Waals surface area contributed by atoms with Crippen molar-refractivity contribution in [2.45, 2.75) is 163 Å². The third kappa shape index (κ3) is 56.6. The van der Waals surface area contributed by atoms with Crippen molar-refractivity contribution in [3.63, 3.8) is 0 Å². The van der Waals surface area contributed by atoms with Crippen molar-refractivity contribution in [1.82, 2.24) is 0 Å². The van der Waals surface area contributed by atoms with Crippen LogP contribution in [0.3, 0.4) is 0 Å². The van der Waals surface area contributed by atoms with E-state index in [1.165, 1.54) is 123 Å². The molecule has 0 heterocycles. The quantitative estimate of drug-likeness (QED) is 0.197. The Morgan fingerprint density at radius 2 is 0.633 bits per heavy atom. The summed E-state index contributed by atoms with van der Waals surface area (Å²) in [5.41, 5.74) is 0. The van der Waals surface area contributed by atoms with Crippen LogP contribution in [0.25, 0.3) is 0 Å². The zero-order chi connectivity index (χ0) is 23.6. The van der Waals surface area contributed by atoms with Gasteiger partial charge in [0.2, 0.25) is 0 Å². The second-order valence-corrected chi connectivity index (χ2v) is 8.20. The second kappa shape index (κ2) is 47.1. The van der Waals surface area contributed by atoms with Gasteiger partial charge >= 0.3 is 0 Å². The smallest absolute Gasteiger partial charge is 0.0606 e. The average Bonchev–Trinajstić information content (AvgIpc) is 2.76. The first-order valence-corrected chi connectivity index (χ1v) is 13.8. The van der Waals surface area contributed by atoms with Crippen LogP contribution in [0, 0.1) is 0 Å². The fraction of sp³-hybridized carbons (Fsp3) is 1.00. The van der Waals surface area contributed by atoms with E-state index < -0.39 is 0 Å². The first-order valence-electron chi connectivity index (χ1n) is 13.5. The zero-order valence-corrected chi connectivity index (χ0v) is 22.8. The minimum atomic E-state index is 0.344. The molecule has 1 N–H and O–H groups in total. The molecule has 0 unspecified atom stereocenters. The minimum Gasteiger partial charge on any atom is -0.396 e. The highest BCUT2D eigenvalue weighted by Gasteiger charge is 1.94. The fourth-order valence-corrected chi connectivity index (χ4v) is 3.13. The fourth-order valence-electron chi connectivity index (χ4n) is 3.13. The second-order valence-electron chi connectivity index (χ2n) is 7.89. The summed E-state index contributed by atoms with van der Waals surface area (Å²) in [5.74, 6) is 0. The third-order valence-electron chi connectivity index (χ3n) is 4.97. The summed E-state index contributed by atoms with van der Waals surface area (Å²) in [6.07, 6.45) is 28.4. The van der Waals surface area contributed by atoms with Gasteiger partial charge in [0.25, 0.3) is 0 Å². The summed E-state index contributed by atoms with van der Waals surface area (Å²) >= 11 is 4.50. The van der Waals surface area contributed by atoms with Crippen LogP contribution in [0.2, 0.25) is 0 Å². The molecular weight excluding hydrogens is 392 g/mol.